The van der Waals surface area contributed by atoms with Crippen LogP contribution in [0, 0.1) is 11.8 Å². The number of hydrogen-bond donors (Lipinski definition) is 0. The van der Waals surface area contributed by atoms with Crippen molar-refractivity contribution in [1.82, 2.24) is 0 Å². The summed E-state index contributed by atoms with van der Waals surface area (Å²) >= 11 is 0. The van der Waals surface area contributed by atoms with Crippen molar-refractivity contribution in [3.05, 3.63) is 0 Å². The second-order valence-corrected chi connectivity index (χ2v) is 6.11. The lowest BCUT2D eigenvalue weighted by Gasteiger charge is -2.09. The number of carbonyl (C=O) groups is 1. The molecular formula is C16H28O3. The third kappa shape index (κ3) is 5.13. The molecule has 3 unspecified atom stereocenters. The fraction of sp³-hybridized carbons (Fsp3) is 0.938. The molecule has 0 aromatic rings. The van der Waals surface area contributed by atoms with Gasteiger partial charge in [-0.3, -0.25) is 0 Å². The van der Waals surface area contributed by atoms with E-state index < -0.39 is 0 Å². The summed E-state index contributed by atoms with van der Waals surface area (Å²) in [6.45, 7) is 4.07. The van der Waals surface area contributed by atoms with Gasteiger partial charge in [-0.2, -0.15) is 0 Å². The molecule has 1 heterocycles. The Balaban J connectivity index is 1.41. The van der Waals surface area contributed by atoms with Gasteiger partial charge in [-0.05, 0) is 38.0 Å². The van der Waals surface area contributed by atoms with E-state index in [1.165, 1.54) is 57.8 Å². The average molecular weight is 268 g/mol. The number of epoxide rings is 1. The molecule has 1 saturated heterocycles. The van der Waals surface area contributed by atoms with Gasteiger partial charge in [-0.1, -0.05) is 32.6 Å². The van der Waals surface area contributed by atoms with E-state index in [1.807, 2.05) is 0 Å². The van der Waals surface area contributed by atoms with E-state index in [0.717, 1.165) is 19.1 Å². The average Bonchev–Trinajstić information content (AvgIpc) is 2.96. The van der Waals surface area contributed by atoms with Gasteiger partial charge >= 0.3 is 5.97 Å². The molecular weight excluding hydrogens is 240 g/mol. The van der Waals surface area contributed by atoms with Crippen LogP contribution in [-0.4, -0.2) is 25.3 Å². The highest BCUT2D eigenvalue weighted by Crippen LogP contribution is 2.40. The second-order valence-electron chi connectivity index (χ2n) is 6.11. The molecule has 110 valence electrons. The quantitative estimate of drug-likeness (QED) is 0.448. The summed E-state index contributed by atoms with van der Waals surface area (Å²) in [5.74, 6) is 1.35. The normalized spacial score (nSPS) is 29.5. The molecule has 0 N–H and O–H groups in total. The number of hydrogen-bond acceptors (Lipinski definition) is 3. The Bertz CT molecular complexity index is 277. The van der Waals surface area contributed by atoms with E-state index in [2.05, 4.69) is 6.92 Å². The first-order chi connectivity index (χ1) is 9.31. The maximum absolute atomic E-state index is 10.9. The van der Waals surface area contributed by atoms with Crippen molar-refractivity contribution in [3.8, 4) is 0 Å². The molecule has 0 aromatic carbocycles. The SMILES string of the molecule is CCCCCCOCCCC1CCC(C2OC2=O)C1. The lowest BCUT2D eigenvalue weighted by Crippen LogP contribution is -2.06. The van der Waals surface area contributed by atoms with Crippen molar-refractivity contribution in [2.75, 3.05) is 13.2 Å². The van der Waals surface area contributed by atoms with Gasteiger partial charge < -0.3 is 9.47 Å². The number of unbranched alkanes of at least 4 members (excludes halogenated alkanes) is 3. The van der Waals surface area contributed by atoms with Crippen LogP contribution in [0.3, 0.4) is 0 Å². The zero-order valence-electron chi connectivity index (χ0n) is 12.2. The van der Waals surface area contributed by atoms with Crippen LogP contribution >= 0.6 is 0 Å². The van der Waals surface area contributed by atoms with Crippen LogP contribution in [0.15, 0.2) is 0 Å². The van der Waals surface area contributed by atoms with E-state index in [1.54, 1.807) is 0 Å². The molecule has 2 fully saturated rings. The molecule has 2 rings (SSSR count). The van der Waals surface area contributed by atoms with Crippen LogP contribution in [0.25, 0.3) is 0 Å². The Morgan fingerprint density at radius 2 is 1.95 bits per heavy atom. The van der Waals surface area contributed by atoms with Crippen molar-refractivity contribution in [2.45, 2.75) is 70.8 Å². The number of rotatable bonds is 10. The lowest BCUT2D eigenvalue weighted by molar-refractivity contribution is -0.117. The zero-order valence-corrected chi connectivity index (χ0v) is 12.2. The Kier molecular flexibility index (Phi) is 6.15. The third-order valence-electron chi connectivity index (χ3n) is 4.47. The van der Waals surface area contributed by atoms with Crippen molar-refractivity contribution in [1.29, 1.82) is 0 Å². The number of cyclic esters (lactones) is 1. The van der Waals surface area contributed by atoms with Gasteiger partial charge in [0.1, 0.15) is 0 Å². The molecule has 1 saturated carbocycles. The largest absolute Gasteiger partial charge is 0.447 e. The molecule has 0 spiro atoms. The predicted molar refractivity (Wildman–Crippen MR) is 74.9 cm³/mol. The Labute approximate surface area is 117 Å². The number of carbonyl (C=O) groups excluding carboxylic acids is 1. The zero-order chi connectivity index (χ0) is 13.5. The minimum atomic E-state index is -0.0279. The van der Waals surface area contributed by atoms with Gasteiger partial charge in [0.05, 0.1) is 0 Å². The minimum absolute atomic E-state index is 0.0279. The van der Waals surface area contributed by atoms with Crippen molar-refractivity contribution in [2.24, 2.45) is 11.8 Å². The summed E-state index contributed by atoms with van der Waals surface area (Å²) < 4.78 is 10.6. The molecule has 3 nitrogen and oxygen atoms in total. The molecule has 1 aliphatic heterocycles. The van der Waals surface area contributed by atoms with E-state index >= 15 is 0 Å². The van der Waals surface area contributed by atoms with Crippen LogP contribution in [0.5, 0.6) is 0 Å². The van der Waals surface area contributed by atoms with E-state index in [4.69, 9.17) is 9.47 Å². The maximum Gasteiger partial charge on any atom is 0.348 e. The van der Waals surface area contributed by atoms with Gasteiger partial charge in [-0.15, -0.1) is 0 Å². The summed E-state index contributed by atoms with van der Waals surface area (Å²) in [5.41, 5.74) is 0. The fourth-order valence-electron chi connectivity index (χ4n) is 3.24. The van der Waals surface area contributed by atoms with Gasteiger partial charge in [-0.25, -0.2) is 4.79 Å². The highest BCUT2D eigenvalue weighted by Gasteiger charge is 2.47. The number of ether oxygens (including phenoxy) is 2. The van der Waals surface area contributed by atoms with E-state index in [-0.39, 0.29) is 12.1 Å². The molecule has 3 heteroatoms. The summed E-state index contributed by atoms with van der Waals surface area (Å²) in [5, 5.41) is 0. The molecule has 1 aliphatic carbocycles. The minimum Gasteiger partial charge on any atom is -0.447 e. The summed E-state index contributed by atoms with van der Waals surface area (Å²) in [6, 6.07) is 0. The smallest absolute Gasteiger partial charge is 0.348 e. The Morgan fingerprint density at radius 1 is 1.16 bits per heavy atom. The monoisotopic (exact) mass is 268 g/mol. The summed E-state index contributed by atoms with van der Waals surface area (Å²) in [6.07, 6.45) is 11.2. The van der Waals surface area contributed by atoms with Crippen LogP contribution in [0.1, 0.15) is 64.7 Å². The van der Waals surface area contributed by atoms with Crippen molar-refractivity contribution >= 4 is 5.97 Å². The molecule has 2 aliphatic rings. The van der Waals surface area contributed by atoms with Gasteiger partial charge in [0.15, 0.2) is 0 Å². The van der Waals surface area contributed by atoms with Crippen LogP contribution in [0.4, 0.5) is 0 Å². The first-order valence-electron chi connectivity index (χ1n) is 8.09. The highest BCUT2D eigenvalue weighted by atomic mass is 16.6. The molecule has 0 aromatic heterocycles. The van der Waals surface area contributed by atoms with Gasteiger partial charge in [0, 0.05) is 19.1 Å². The topological polar surface area (TPSA) is 38.8 Å². The van der Waals surface area contributed by atoms with Gasteiger partial charge in [0.25, 0.3) is 0 Å². The lowest BCUT2D eigenvalue weighted by atomic mass is 9.98. The molecule has 0 bridgehead atoms. The first kappa shape index (κ1) is 14.8. The van der Waals surface area contributed by atoms with Crippen LogP contribution < -0.4 is 0 Å². The highest BCUT2D eigenvalue weighted by molar-refractivity contribution is 5.87. The van der Waals surface area contributed by atoms with Crippen LogP contribution in [-0.2, 0) is 14.3 Å². The third-order valence-corrected chi connectivity index (χ3v) is 4.47. The Hall–Kier alpha value is -0.570. The molecule has 19 heavy (non-hydrogen) atoms. The van der Waals surface area contributed by atoms with Crippen molar-refractivity contribution < 1.29 is 14.3 Å². The van der Waals surface area contributed by atoms with E-state index in [0.29, 0.717) is 5.92 Å². The van der Waals surface area contributed by atoms with Crippen molar-refractivity contribution in [3.63, 3.8) is 0 Å². The van der Waals surface area contributed by atoms with Gasteiger partial charge in [0.2, 0.25) is 6.10 Å². The summed E-state index contributed by atoms with van der Waals surface area (Å²) in [4.78, 5) is 10.9. The first-order valence-corrected chi connectivity index (χ1v) is 8.09. The molecule has 0 radical (unpaired) electrons. The standard InChI is InChI=1S/C16H28O3/c1-2-3-4-5-10-18-11-6-7-13-8-9-14(12-13)15-16(17)19-15/h13-15H,2-12H2,1H3. The molecule has 3 atom stereocenters. The van der Waals surface area contributed by atoms with E-state index in [9.17, 15) is 4.79 Å². The Morgan fingerprint density at radius 3 is 2.68 bits per heavy atom. The predicted octanol–water partition coefficient (Wildman–Crippen LogP) is 3.71. The summed E-state index contributed by atoms with van der Waals surface area (Å²) in [7, 11) is 0. The molecule has 0 amide bonds. The fourth-order valence-corrected chi connectivity index (χ4v) is 3.24. The van der Waals surface area contributed by atoms with Crippen LogP contribution in [0.2, 0.25) is 0 Å². The second kappa shape index (κ2) is 7.88. The maximum atomic E-state index is 10.9.